The minimum Gasteiger partial charge on any atom is -0.339 e. The van der Waals surface area contributed by atoms with Crippen LogP contribution in [0, 0.1) is 11.8 Å². The lowest BCUT2D eigenvalue weighted by atomic mass is 10.1. The number of rotatable bonds is 7. The molecule has 0 fully saturated rings. The quantitative estimate of drug-likeness (QED) is 0.794. The van der Waals surface area contributed by atoms with Crippen molar-refractivity contribution < 1.29 is 4.52 Å². The molecule has 0 saturated carbocycles. The molecule has 0 aliphatic heterocycles. The van der Waals surface area contributed by atoms with Crippen molar-refractivity contribution in [1.29, 1.82) is 0 Å². The van der Waals surface area contributed by atoms with Gasteiger partial charge in [-0.25, -0.2) is 0 Å². The van der Waals surface area contributed by atoms with Crippen molar-refractivity contribution in [2.24, 2.45) is 17.6 Å². The molecule has 0 aromatic carbocycles. The average molecular weight is 243 g/mol. The number of hydrogen-bond acceptors (Lipinski definition) is 5. The van der Waals surface area contributed by atoms with Crippen molar-refractivity contribution in [3.05, 3.63) is 11.7 Å². The summed E-state index contributed by atoms with van der Waals surface area (Å²) in [7, 11) is 0. The monoisotopic (exact) mass is 243 g/mol. The molecule has 0 spiro atoms. The minimum atomic E-state index is 0.400. The van der Waals surface area contributed by atoms with E-state index in [9.17, 15) is 0 Å². The van der Waals surface area contributed by atoms with Crippen LogP contribution >= 0.6 is 11.8 Å². The van der Waals surface area contributed by atoms with Gasteiger partial charge in [-0.15, -0.1) is 0 Å². The predicted octanol–water partition coefficient (Wildman–Crippen LogP) is 2.10. The van der Waals surface area contributed by atoms with Crippen molar-refractivity contribution in [2.45, 2.75) is 32.9 Å². The normalized spacial score (nSPS) is 13.3. The van der Waals surface area contributed by atoms with Crippen molar-refractivity contribution in [1.82, 2.24) is 10.1 Å². The Morgan fingerprint density at radius 3 is 2.75 bits per heavy atom. The second-order valence-electron chi connectivity index (χ2n) is 4.56. The lowest BCUT2D eigenvalue weighted by Crippen LogP contribution is -2.13. The number of aromatic nitrogens is 2. The lowest BCUT2D eigenvalue weighted by molar-refractivity contribution is 0.356. The molecule has 1 unspecified atom stereocenters. The zero-order valence-corrected chi connectivity index (χ0v) is 11.1. The highest BCUT2D eigenvalue weighted by molar-refractivity contribution is 7.98. The van der Waals surface area contributed by atoms with Gasteiger partial charge in [-0.3, -0.25) is 0 Å². The zero-order chi connectivity index (χ0) is 12.0. The first-order chi connectivity index (χ1) is 7.61. The molecule has 16 heavy (non-hydrogen) atoms. The average Bonchev–Trinajstić information content (AvgIpc) is 2.65. The summed E-state index contributed by atoms with van der Waals surface area (Å²) in [5.41, 5.74) is 5.55. The molecule has 0 amide bonds. The SMILES string of the molecule is CC(C)CSCc1noc(CC(C)CN)n1. The Balaban J connectivity index is 2.33. The Labute approximate surface area is 101 Å². The van der Waals surface area contributed by atoms with Crippen molar-refractivity contribution in [3.8, 4) is 0 Å². The summed E-state index contributed by atoms with van der Waals surface area (Å²) in [4.78, 5) is 4.34. The Hall–Kier alpha value is -0.550. The van der Waals surface area contributed by atoms with E-state index < -0.39 is 0 Å². The summed E-state index contributed by atoms with van der Waals surface area (Å²) in [6, 6.07) is 0. The summed E-state index contributed by atoms with van der Waals surface area (Å²) in [6.07, 6.45) is 0.776. The Bertz CT molecular complexity index is 301. The Morgan fingerprint density at radius 2 is 2.12 bits per heavy atom. The van der Waals surface area contributed by atoms with Crippen LogP contribution in [0.2, 0.25) is 0 Å². The van der Waals surface area contributed by atoms with Gasteiger partial charge >= 0.3 is 0 Å². The Morgan fingerprint density at radius 1 is 1.38 bits per heavy atom. The molecule has 92 valence electrons. The van der Waals surface area contributed by atoms with Crippen LogP contribution in [0.4, 0.5) is 0 Å². The van der Waals surface area contributed by atoms with Gasteiger partial charge in [0.15, 0.2) is 5.82 Å². The van der Waals surface area contributed by atoms with Gasteiger partial charge in [0.2, 0.25) is 5.89 Å². The predicted molar refractivity (Wildman–Crippen MR) is 67.2 cm³/mol. The van der Waals surface area contributed by atoms with Gasteiger partial charge < -0.3 is 10.3 Å². The first kappa shape index (κ1) is 13.5. The highest BCUT2D eigenvalue weighted by atomic mass is 32.2. The molecule has 0 aliphatic carbocycles. The van der Waals surface area contributed by atoms with E-state index in [1.165, 1.54) is 0 Å². The summed E-state index contributed by atoms with van der Waals surface area (Å²) in [5, 5.41) is 3.95. The Kier molecular flexibility index (Phi) is 5.84. The topological polar surface area (TPSA) is 64.9 Å². The number of nitrogens with two attached hydrogens (primary N) is 1. The number of hydrogen-bond donors (Lipinski definition) is 1. The van der Waals surface area contributed by atoms with E-state index in [0.717, 1.165) is 23.8 Å². The van der Waals surface area contributed by atoms with E-state index >= 15 is 0 Å². The largest absolute Gasteiger partial charge is 0.339 e. The van der Waals surface area contributed by atoms with Crippen LogP contribution < -0.4 is 5.73 Å². The maximum atomic E-state index is 5.55. The van der Waals surface area contributed by atoms with Crippen molar-refractivity contribution in [3.63, 3.8) is 0 Å². The zero-order valence-electron chi connectivity index (χ0n) is 10.3. The molecule has 2 N–H and O–H groups in total. The molecular weight excluding hydrogens is 222 g/mol. The van der Waals surface area contributed by atoms with Gasteiger partial charge in [0.25, 0.3) is 0 Å². The summed E-state index contributed by atoms with van der Waals surface area (Å²) in [6.45, 7) is 7.15. The van der Waals surface area contributed by atoms with Gasteiger partial charge in [-0.05, 0) is 24.1 Å². The third-order valence-electron chi connectivity index (χ3n) is 2.12. The van der Waals surface area contributed by atoms with Gasteiger partial charge in [0, 0.05) is 6.42 Å². The molecule has 4 nitrogen and oxygen atoms in total. The molecule has 0 radical (unpaired) electrons. The molecule has 1 aromatic rings. The van der Waals surface area contributed by atoms with Gasteiger partial charge in [0.05, 0.1) is 5.75 Å². The van der Waals surface area contributed by atoms with Crippen LogP contribution in [0.1, 0.15) is 32.5 Å². The molecule has 1 rings (SSSR count). The fraction of sp³-hybridized carbons (Fsp3) is 0.818. The standard InChI is InChI=1S/C11H21N3OS/c1-8(2)6-16-7-10-13-11(15-14-10)4-9(3)5-12/h8-9H,4-7,12H2,1-3H3. The maximum absolute atomic E-state index is 5.55. The van der Waals surface area contributed by atoms with Crippen LogP contribution in [0.25, 0.3) is 0 Å². The van der Waals surface area contributed by atoms with E-state index in [1.54, 1.807) is 0 Å². The molecule has 0 saturated heterocycles. The number of nitrogens with zero attached hydrogens (tertiary/aromatic N) is 2. The third kappa shape index (κ3) is 4.99. The molecule has 0 bridgehead atoms. The number of thioether (sulfide) groups is 1. The first-order valence-corrected chi connectivity index (χ1v) is 6.86. The molecule has 1 heterocycles. The fourth-order valence-corrected chi connectivity index (χ4v) is 2.09. The first-order valence-electron chi connectivity index (χ1n) is 5.71. The second-order valence-corrected chi connectivity index (χ2v) is 5.59. The van der Waals surface area contributed by atoms with E-state index in [4.69, 9.17) is 10.3 Å². The highest BCUT2D eigenvalue weighted by Gasteiger charge is 2.09. The fourth-order valence-electron chi connectivity index (χ4n) is 1.20. The van der Waals surface area contributed by atoms with Crippen molar-refractivity contribution >= 4 is 11.8 Å². The molecular formula is C11H21N3OS. The summed E-state index contributed by atoms with van der Waals surface area (Å²) in [5.74, 6) is 4.56. The summed E-state index contributed by atoms with van der Waals surface area (Å²) < 4.78 is 5.16. The molecule has 5 heteroatoms. The molecule has 1 atom stereocenters. The van der Waals surface area contributed by atoms with E-state index in [1.807, 2.05) is 11.8 Å². The van der Waals surface area contributed by atoms with Crippen LogP contribution in [0.15, 0.2) is 4.52 Å². The summed E-state index contributed by atoms with van der Waals surface area (Å²) >= 11 is 1.84. The van der Waals surface area contributed by atoms with E-state index in [-0.39, 0.29) is 0 Å². The molecule has 0 aliphatic rings. The van der Waals surface area contributed by atoms with Crippen molar-refractivity contribution in [2.75, 3.05) is 12.3 Å². The van der Waals surface area contributed by atoms with E-state index in [0.29, 0.717) is 24.3 Å². The van der Waals surface area contributed by atoms with Gasteiger partial charge in [-0.2, -0.15) is 16.7 Å². The van der Waals surface area contributed by atoms with Crippen LogP contribution in [-0.4, -0.2) is 22.4 Å². The maximum Gasteiger partial charge on any atom is 0.226 e. The van der Waals surface area contributed by atoms with Crippen LogP contribution in [0.3, 0.4) is 0 Å². The van der Waals surface area contributed by atoms with Crippen LogP contribution in [0.5, 0.6) is 0 Å². The minimum absolute atomic E-state index is 0.400. The smallest absolute Gasteiger partial charge is 0.226 e. The molecule has 1 aromatic heterocycles. The second kappa shape index (κ2) is 6.91. The van der Waals surface area contributed by atoms with Crippen LogP contribution in [-0.2, 0) is 12.2 Å². The van der Waals surface area contributed by atoms with Gasteiger partial charge in [-0.1, -0.05) is 25.9 Å². The van der Waals surface area contributed by atoms with E-state index in [2.05, 4.69) is 30.9 Å². The third-order valence-corrected chi connectivity index (χ3v) is 3.48. The highest BCUT2D eigenvalue weighted by Crippen LogP contribution is 2.14. The van der Waals surface area contributed by atoms with Gasteiger partial charge in [0.1, 0.15) is 0 Å². The lowest BCUT2D eigenvalue weighted by Gasteiger charge is -2.02.